The molecule has 1 saturated heterocycles. The van der Waals surface area contributed by atoms with E-state index >= 15 is 0 Å². The lowest BCUT2D eigenvalue weighted by molar-refractivity contribution is -0.137. The maximum atomic E-state index is 13.1. The zero-order chi connectivity index (χ0) is 30.4. The van der Waals surface area contributed by atoms with Crippen LogP contribution in [-0.2, 0) is 6.18 Å². The molecule has 0 unspecified atom stereocenters. The maximum Gasteiger partial charge on any atom is 0.416 e. The van der Waals surface area contributed by atoms with Crippen molar-refractivity contribution >= 4 is 34.8 Å². The quantitative estimate of drug-likeness (QED) is 0.408. The second-order valence-electron chi connectivity index (χ2n) is 9.55. The molecule has 0 bridgehead atoms. The van der Waals surface area contributed by atoms with Gasteiger partial charge >= 0.3 is 6.18 Å². The molecule has 1 fully saturated rings. The zero-order valence-corrected chi connectivity index (χ0v) is 23.2. The largest absolute Gasteiger partial charge is 0.495 e. The molecule has 42 heavy (non-hydrogen) atoms. The van der Waals surface area contributed by atoms with E-state index in [9.17, 15) is 18.0 Å². The van der Waals surface area contributed by atoms with Crippen LogP contribution in [0.5, 0.6) is 5.75 Å². The summed E-state index contributed by atoms with van der Waals surface area (Å²) < 4.78 is 44.8. The Labute approximate surface area is 241 Å². The summed E-state index contributed by atoms with van der Waals surface area (Å²) in [4.78, 5) is 30.5. The first kappa shape index (κ1) is 30.1. The van der Waals surface area contributed by atoms with E-state index in [0.29, 0.717) is 23.9 Å². The molecule has 2 aliphatic heterocycles. The number of nitrogens with two attached hydrogens (primary N) is 2. The number of carbonyl (C=O) groups is 1. The number of carbonyl (C=O) groups excluding carboxylic acids is 1. The normalized spacial score (nSPS) is 18.5. The topological polar surface area (TPSA) is 146 Å². The molecule has 0 aromatic heterocycles. The van der Waals surface area contributed by atoms with E-state index in [1.807, 2.05) is 11.9 Å². The van der Waals surface area contributed by atoms with E-state index < -0.39 is 17.6 Å². The van der Waals surface area contributed by atoms with Crippen LogP contribution in [0.1, 0.15) is 22.3 Å². The number of amidine groups is 1. The highest BCUT2D eigenvalue weighted by molar-refractivity contribution is 6.49. The van der Waals surface area contributed by atoms with Crippen LogP contribution >= 0.6 is 0 Å². The van der Waals surface area contributed by atoms with Crippen molar-refractivity contribution < 1.29 is 22.7 Å². The van der Waals surface area contributed by atoms with E-state index in [1.54, 1.807) is 0 Å². The van der Waals surface area contributed by atoms with Crippen LogP contribution in [0.25, 0.3) is 0 Å². The minimum atomic E-state index is -4.55. The maximum absolute atomic E-state index is 13.1. The van der Waals surface area contributed by atoms with Crippen LogP contribution in [0.2, 0.25) is 0 Å². The van der Waals surface area contributed by atoms with Gasteiger partial charge in [-0.2, -0.15) is 18.2 Å². The van der Waals surface area contributed by atoms with E-state index in [1.165, 1.54) is 43.6 Å². The summed E-state index contributed by atoms with van der Waals surface area (Å²) in [6.45, 7) is 6.82. The summed E-state index contributed by atoms with van der Waals surface area (Å²) in [6.07, 6.45) is -2.33. The van der Waals surface area contributed by atoms with Crippen molar-refractivity contribution in [1.29, 1.82) is 0 Å². The van der Waals surface area contributed by atoms with Crippen LogP contribution in [0.4, 0.5) is 24.5 Å². The highest BCUT2D eigenvalue weighted by atomic mass is 19.4. The summed E-state index contributed by atoms with van der Waals surface area (Å²) in [5.74, 6) is 0.256. The third-order valence-electron chi connectivity index (χ3n) is 6.56. The van der Waals surface area contributed by atoms with Gasteiger partial charge in [-0.3, -0.25) is 9.79 Å². The van der Waals surface area contributed by atoms with Crippen LogP contribution in [0.15, 0.2) is 81.7 Å². The number of anilines is 2. The lowest BCUT2D eigenvalue weighted by atomic mass is 10.1. The van der Waals surface area contributed by atoms with Crippen molar-refractivity contribution in [3.63, 3.8) is 0 Å². The van der Waals surface area contributed by atoms with E-state index in [4.69, 9.17) is 16.2 Å². The number of nitrogens with zero attached hydrogens (tertiary/aromatic N) is 5. The Balaban J connectivity index is 1.65. The zero-order valence-electron chi connectivity index (χ0n) is 23.2. The van der Waals surface area contributed by atoms with Crippen molar-refractivity contribution in [2.75, 3.05) is 51.0 Å². The number of guanidine groups is 1. The van der Waals surface area contributed by atoms with Crippen molar-refractivity contribution in [3.8, 4) is 5.75 Å². The van der Waals surface area contributed by atoms with Crippen molar-refractivity contribution in [2.24, 2.45) is 26.4 Å². The number of halogens is 3. The number of likely N-dealkylation sites (N-methyl/N-ethyl adjacent to an activating group) is 1. The number of ether oxygens (including phenoxy) is 1. The first-order valence-electron chi connectivity index (χ1n) is 13.0. The fraction of sp³-hybridized carbons (Fsp3) is 0.286. The third kappa shape index (κ3) is 7.07. The lowest BCUT2D eigenvalue weighted by Crippen LogP contribution is -2.40. The number of methoxy groups -OCH3 is 1. The molecule has 11 nitrogen and oxygen atoms in total. The van der Waals surface area contributed by atoms with Crippen LogP contribution < -0.4 is 26.8 Å². The summed E-state index contributed by atoms with van der Waals surface area (Å²) in [5, 5.41) is 5.50. The van der Waals surface area contributed by atoms with Crippen molar-refractivity contribution in [3.05, 3.63) is 77.9 Å². The molecule has 2 aromatic rings. The van der Waals surface area contributed by atoms with Gasteiger partial charge in [-0.1, -0.05) is 12.6 Å². The Morgan fingerprint density at radius 3 is 2.62 bits per heavy atom. The fourth-order valence-electron chi connectivity index (χ4n) is 4.38. The lowest BCUT2D eigenvalue weighted by Gasteiger charge is -2.25. The van der Waals surface area contributed by atoms with Crippen molar-refractivity contribution in [1.82, 2.24) is 9.80 Å². The monoisotopic (exact) mass is 583 g/mol. The number of alkyl halides is 3. The van der Waals surface area contributed by atoms with Gasteiger partial charge in [0.05, 0.1) is 18.4 Å². The molecule has 0 atom stereocenters. The molecule has 2 aromatic carbocycles. The Hall–Kier alpha value is -4.85. The molecule has 6 N–H and O–H groups in total. The van der Waals surface area contributed by atoms with Gasteiger partial charge < -0.3 is 36.6 Å². The van der Waals surface area contributed by atoms with E-state index in [0.717, 1.165) is 38.2 Å². The van der Waals surface area contributed by atoms with Gasteiger partial charge in [0, 0.05) is 37.1 Å². The first-order valence-corrected chi connectivity index (χ1v) is 13.0. The highest BCUT2D eigenvalue weighted by Crippen LogP contribution is 2.31. The standard InChI is InChI=1S/C28H32F3N9O2/c1-4-34-22-23(37-27(38-24(22)32)40-12-6-11-39(2)13-14-40)25(33)36-20-15-17(9-10-21(20)42-3)26(41)35-19-8-5-7-18(16-19)28(29,30)31/h4-5,7-10,15-16,36H,1,6,11-14,33H2,2-3H3,(H,35,41)(H2,32,37,38)/b25-23-,34-22+. The van der Waals surface area contributed by atoms with Crippen LogP contribution in [-0.4, -0.2) is 73.6 Å². The molecular formula is C28H32F3N9O2. The Bertz CT molecular complexity index is 1480. The summed E-state index contributed by atoms with van der Waals surface area (Å²) in [5.41, 5.74) is 12.7. The predicted molar refractivity (Wildman–Crippen MR) is 158 cm³/mol. The minimum absolute atomic E-state index is 0.00870. The summed E-state index contributed by atoms with van der Waals surface area (Å²) in [6, 6.07) is 8.81. The molecule has 2 heterocycles. The average Bonchev–Trinajstić information content (AvgIpc) is 3.18. The van der Waals surface area contributed by atoms with Crippen molar-refractivity contribution in [2.45, 2.75) is 12.6 Å². The van der Waals surface area contributed by atoms with Gasteiger partial charge in [-0.25, -0.2) is 4.99 Å². The van der Waals surface area contributed by atoms with Gasteiger partial charge in [0.1, 0.15) is 23.0 Å². The second kappa shape index (κ2) is 12.8. The molecule has 14 heteroatoms. The number of hydrogen-bond acceptors (Lipinski definition) is 10. The van der Waals surface area contributed by atoms with Crippen LogP contribution in [0.3, 0.4) is 0 Å². The molecular weight excluding hydrogens is 551 g/mol. The smallest absolute Gasteiger partial charge is 0.416 e. The Kier molecular flexibility index (Phi) is 9.15. The highest BCUT2D eigenvalue weighted by Gasteiger charge is 2.30. The average molecular weight is 584 g/mol. The Morgan fingerprint density at radius 1 is 1.12 bits per heavy atom. The van der Waals surface area contributed by atoms with Gasteiger partial charge in [0.15, 0.2) is 5.84 Å². The first-order chi connectivity index (χ1) is 20.0. The van der Waals surface area contributed by atoms with E-state index in [-0.39, 0.29) is 34.3 Å². The number of hydrogen-bond donors (Lipinski definition) is 4. The number of amides is 1. The fourth-order valence-corrected chi connectivity index (χ4v) is 4.38. The molecule has 0 aliphatic carbocycles. The Morgan fingerprint density at radius 2 is 1.90 bits per heavy atom. The third-order valence-corrected chi connectivity index (χ3v) is 6.56. The molecule has 1 amide bonds. The van der Waals surface area contributed by atoms with Gasteiger partial charge in [-0.05, 0) is 56.4 Å². The molecule has 0 saturated carbocycles. The molecule has 4 rings (SSSR count). The SMILES string of the molecule is C=C/N=C1/C(N)=NC(N2CCCN(C)CC2)=N/C1=C(/N)Nc1cc(C(=O)Nc2cccc(C(F)(F)F)c2)ccc1OC. The van der Waals surface area contributed by atoms with Crippen LogP contribution in [0, 0.1) is 0 Å². The number of aliphatic imine (C=N–C) groups is 3. The van der Waals surface area contributed by atoms with Gasteiger partial charge in [0.2, 0.25) is 5.96 Å². The molecule has 0 spiro atoms. The summed E-state index contributed by atoms with van der Waals surface area (Å²) in [7, 11) is 3.49. The predicted octanol–water partition coefficient (Wildman–Crippen LogP) is 3.45. The van der Waals surface area contributed by atoms with Gasteiger partial charge in [0.25, 0.3) is 5.91 Å². The van der Waals surface area contributed by atoms with Gasteiger partial charge in [-0.15, -0.1) is 0 Å². The number of benzene rings is 2. The minimum Gasteiger partial charge on any atom is -0.495 e. The second-order valence-corrected chi connectivity index (χ2v) is 9.55. The molecule has 2 aliphatic rings. The number of nitrogens with one attached hydrogen (secondary N) is 2. The molecule has 222 valence electrons. The van der Waals surface area contributed by atoms with E-state index in [2.05, 4.69) is 37.1 Å². The summed E-state index contributed by atoms with van der Waals surface area (Å²) >= 11 is 0. The molecule has 0 radical (unpaired) electrons. The number of rotatable bonds is 6.